The van der Waals surface area contributed by atoms with E-state index >= 15 is 0 Å². The van der Waals surface area contributed by atoms with Crippen molar-refractivity contribution in [3.8, 4) is 0 Å². The Morgan fingerprint density at radius 3 is 3.12 bits per heavy atom. The minimum atomic E-state index is -2.72. The van der Waals surface area contributed by atoms with Crippen LogP contribution in [0.15, 0.2) is 24.2 Å². The number of fused-ring (bicyclic) bond motifs is 1. The van der Waals surface area contributed by atoms with Gasteiger partial charge in [-0.15, -0.1) is 0 Å². The summed E-state index contributed by atoms with van der Waals surface area (Å²) in [7, 11) is 0. The first-order valence-corrected chi connectivity index (χ1v) is 4.93. The fraction of sp³-hybridized carbons (Fsp3) is 0.250. The van der Waals surface area contributed by atoms with Crippen molar-refractivity contribution >= 4 is 28.2 Å². The lowest BCUT2D eigenvalue weighted by Gasteiger charge is -2.19. The van der Waals surface area contributed by atoms with Crippen molar-refractivity contribution in [1.82, 2.24) is 4.98 Å². The number of aromatic nitrogens is 1. The number of nitrogens with zero attached hydrogens (tertiary/aromatic N) is 1. The first-order valence-electron chi connectivity index (χ1n) is 7.05. The molecular weight excluding hydrogens is 224 g/mol. The number of hydrogen-bond donors (Lipinski definition) is 2. The smallest absolute Gasteiger partial charge is 0.103 e. The highest BCUT2D eigenvalue weighted by Crippen LogP contribution is 2.28. The van der Waals surface area contributed by atoms with Gasteiger partial charge < -0.3 is 10.8 Å². The largest absolute Gasteiger partial charge is 0.397 e. The monoisotopic (exact) mass is 241 g/mol. The summed E-state index contributed by atoms with van der Waals surface area (Å²) in [5, 5.41) is 10.5. The molecule has 84 valence electrons. The van der Waals surface area contributed by atoms with E-state index in [-0.39, 0.29) is 34.0 Å². The number of anilines is 1. The van der Waals surface area contributed by atoms with Crippen LogP contribution in [0.2, 0.25) is 5.02 Å². The van der Waals surface area contributed by atoms with E-state index < -0.39 is 12.5 Å². The third-order valence-corrected chi connectivity index (χ3v) is 2.33. The molecular formula is C12H13ClN2O. The molecule has 0 spiro atoms. The maximum Gasteiger partial charge on any atom is 0.103 e. The van der Waals surface area contributed by atoms with Gasteiger partial charge >= 0.3 is 0 Å². The van der Waals surface area contributed by atoms with Crippen molar-refractivity contribution in [2.75, 3.05) is 5.73 Å². The molecule has 0 aliphatic rings. The van der Waals surface area contributed by atoms with E-state index in [0.29, 0.717) is 5.39 Å². The summed E-state index contributed by atoms with van der Waals surface area (Å²) >= 11 is 5.83. The number of nitrogen functional groups attached to an aromatic ring is 1. The molecule has 4 heteroatoms. The summed E-state index contributed by atoms with van der Waals surface area (Å²) in [5.74, 6) is 0. The van der Waals surface area contributed by atoms with Crippen molar-refractivity contribution in [1.29, 1.82) is 0 Å². The Morgan fingerprint density at radius 2 is 2.44 bits per heavy atom. The van der Waals surface area contributed by atoms with Crippen molar-refractivity contribution in [2.24, 2.45) is 0 Å². The predicted molar refractivity (Wildman–Crippen MR) is 66.4 cm³/mol. The van der Waals surface area contributed by atoms with Crippen LogP contribution in [0.3, 0.4) is 0 Å². The summed E-state index contributed by atoms with van der Waals surface area (Å²) in [6.45, 7) is -1.62. The number of pyridine rings is 1. The number of halogens is 1. The maximum atomic E-state index is 10.2. The molecule has 0 bridgehead atoms. The van der Waals surface area contributed by atoms with Crippen molar-refractivity contribution in [3.05, 3.63) is 34.9 Å². The van der Waals surface area contributed by atoms with Gasteiger partial charge in [-0.25, -0.2) is 4.98 Å². The third kappa shape index (κ3) is 1.96. The number of rotatable bonds is 1. The van der Waals surface area contributed by atoms with E-state index in [0.717, 1.165) is 6.92 Å². The highest BCUT2D eigenvalue weighted by Gasteiger charge is 2.21. The summed E-state index contributed by atoms with van der Waals surface area (Å²) in [6.07, 6.45) is 0. The normalized spacial score (nSPS) is 20.3. The zero-order chi connectivity index (χ0) is 16.2. The lowest BCUT2D eigenvalue weighted by Crippen LogP contribution is -2.19. The second kappa shape index (κ2) is 3.61. The molecule has 3 nitrogen and oxygen atoms in total. The molecule has 1 aromatic carbocycles. The van der Waals surface area contributed by atoms with Gasteiger partial charge in [0.2, 0.25) is 0 Å². The molecule has 1 unspecified atom stereocenters. The number of benzene rings is 1. The molecule has 0 saturated carbocycles. The van der Waals surface area contributed by atoms with Crippen LogP contribution in [0.4, 0.5) is 5.69 Å². The minimum Gasteiger partial charge on any atom is -0.397 e. The van der Waals surface area contributed by atoms with Crippen molar-refractivity contribution < 1.29 is 12.0 Å². The van der Waals surface area contributed by atoms with Gasteiger partial charge in [0.25, 0.3) is 0 Å². The van der Waals surface area contributed by atoms with E-state index in [1.54, 1.807) is 0 Å². The van der Waals surface area contributed by atoms with Gasteiger partial charge in [0.15, 0.2) is 0 Å². The van der Waals surface area contributed by atoms with Gasteiger partial charge in [-0.05, 0) is 38.0 Å². The Morgan fingerprint density at radius 1 is 1.69 bits per heavy atom. The highest BCUT2D eigenvalue weighted by atomic mass is 35.5. The second-order valence-corrected chi connectivity index (χ2v) is 4.04. The van der Waals surface area contributed by atoms with Gasteiger partial charge in [0.05, 0.1) is 19.6 Å². The Kier molecular flexibility index (Phi) is 1.45. The molecule has 1 heterocycles. The Bertz CT molecular complexity index is 730. The Balaban J connectivity index is 2.81. The highest BCUT2D eigenvalue weighted by molar-refractivity contribution is 6.31. The van der Waals surface area contributed by atoms with Crippen LogP contribution in [0.5, 0.6) is 0 Å². The fourth-order valence-electron chi connectivity index (χ4n) is 1.43. The fourth-order valence-corrected chi connectivity index (χ4v) is 1.59. The summed E-state index contributed by atoms with van der Waals surface area (Å²) in [4.78, 5) is 4.04. The lowest BCUT2D eigenvalue weighted by molar-refractivity contribution is 0.0751. The number of nitrogens with two attached hydrogens (primary N) is 1. The van der Waals surface area contributed by atoms with Crippen LogP contribution in [0, 0.1) is 0 Å². The molecule has 1 atom stereocenters. The molecule has 0 aliphatic carbocycles. The lowest BCUT2D eigenvalue weighted by atomic mass is 10.0. The summed E-state index contributed by atoms with van der Waals surface area (Å²) in [5.41, 5.74) is 3.46. The zero-order valence-electron chi connectivity index (χ0n) is 13.5. The third-order valence-electron chi connectivity index (χ3n) is 2.12. The average Bonchev–Trinajstić information content (AvgIpc) is 2.35. The van der Waals surface area contributed by atoms with Crippen LogP contribution in [-0.2, 0) is 5.60 Å². The van der Waals surface area contributed by atoms with Crippen LogP contribution >= 0.6 is 11.6 Å². The van der Waals surface area contributed by atoms with E-state index in [1.165, 1.54) is 12.1 Å². The molecule has 0 amide bonds. The molecule has 0 aliphatic heterocycles. The van der Waals surface area contributed by atoms with Crippen molar-refractivity contribution in [2.45, 2.75) is 19.4 Å². The number of aliphatic hydroxyl groups is 1. The van der Waals surface area contributed by atoms with Gasteiger partial charge in [-0.2, -0.15) is 0 Å². The molecule has 16 heavy (non-hydrogen) atoms. The molecule has 1 aromatic heterocycles. The zero-order valence-corrected chi connectivity index (χ0v) is 9.26. The van der Waals surface area contributed by atoms with E-state index in [2.05, 4.69) is 4.98 Å². The van der Waals surface area contributed by atoms with Gasteiger partial charge in [-0.3, -0.25) is 0 Å². The quantitative estimate of drug-likeness (QED) is 0.807. The van der Waals surface area contributed by atoms with E-state index in [9.17, 15) is 5.11 Å². The first-order chi connectivity index (χ1) is 9.46. The molecule has 0 fully saturated rings. The van der Waals surface area contributed by atoms with Crippen LogP contribution in [-0.4, -0.2) is 10.1 Å². The topological polar surface area (TPSA) is 59.1 Å². The van der Waals surface area contributed by atoms with E-state index in [4.69, 9.17) is 24.2 Å². The SMILES string of the molecule is [2H]c1cc2nc(C(C)(O)C([2H])([2H])[2H])c(N)cc2c([2H])c1Cl. The first kappa shape index (κ1) is 6.42. The maximum absolute atomic E-state index is 10.2. The Hall–Kier alpha value is -1.32. The van der Waals surface area contributed by atoms with Crippen LogP contribution < -0.4 is 5.73 Å². The predicted octanol–water partition coefficient (Wildman–Crippen LogP) is 2.70. The van der Waals surface area contributed by atoms with Gasteiger partial charge in [0, 0.05) is 14.5 Å². The van der Waals surface area contributed by atoms with Gasteiger partial charge in [-0.1, -0.05) is 11.6 Å². The average molecular weight is 242 g/mol. The molecule has 0 radical (unpaired) electrons. The standard InChI is InChI=1S/C12H13ClN2O/c1-12(2,16)11-9(14)6-7-5-8(13)3-4-10(7)15-11/h3-6,16H,14H2,1-2H3/i1D3,3D,5D. The summed E-state index contributed by atoms with van der Waals surface area (Å²) < 4.78 is 37.7. The molecule has 3 N–H and O–H groups in total. The molecule has 2 aromatic rings. The molecule has 0 saturated heterocycles. The van der Waals surface area contributed by atoms with E-state index in [1.807, 2.05) is 0 Å². The summed E-state index contributed by atoms with van der Waals surface area (Å²) in [6, 6.07) is 2.42. The molecule has 2 rings (SSSR count). The minimum absolute atomic E-state index is 0.0426. The van der Waals surface area contributed by atoms with Crippen LogP contribution in [0.1, 0.15) is 26.3 Å². The Labute approximate surface area is 106 Å². The van der Waals surface area contributed by atoms with Crippen molar-refractivity contribution in [3.63, 3.8) is 0 Å². The van der Waals surface area contributed by atoms with Crippen LogP contribution in [0.25, 0.3) is 10.9 Å². The second-order valence-electron chi connectivity index (χ2n) is 3.66. The van der Waals surface area contributed by atoms with Gasteiger partial charge in [0.1, 0.15) is 5.60 Å². The number of hydrogen-bond acceptors (Lipinski definition) is 3.